The van der Waals surface area contributed by atoms with Gasteiger partial charge in [-0.3, -0.25) is 14.2 Å². The summed E-state index contributed by atoms with van der Waals surface area (Å²) in [5.41, 5.74) is 1.79. The molecule has 0 aliphatic carbocycles. The van der Waals surface area contributed by atoms with Crippen molar-refractivity contribution in [2.24, 2.45) is 4.99 Å². The highest BCUT2D eigenvalue weighted by Gasteiger charge is 2.34. The normalized spacial score (nSPS) is 15.1. The van der Waals surface area contributed by atoms with Crippen LogP contribution in [0.1, 0.15) is 31.0 Å². The van der Waals surface area contributed by atoms with E-state index < -0.39 is 18.0 Å². The predicted octanol–water partition coefficient (Wildman–Crippen LogP) is 2.90. The Labute approximate surface area is 211 Å². The largest absolute Gasteiger partial charge is 0.493 e. The Hall–Kier alpha value is -4.24. The number of carbonyl (C=O) groups excluding carboxylic acids is 2. The summed E-state index contributed by atoms with van der Waals surface area (Å²) in [7, 11) is 1.44. The van der Waals surface area contributed by atoms with Crippen molar-refractivity contribution in [3.63, 3.8) is 0 Å². The van der Waals surface area contributed by atoms with Gasteiger partial charge < -0.3 is 14.2 Å². The minimum absolute atomic E-state index is 0.00940. The topological polar surface area (TPSA) is 96.2 Å². The minimum Gasteiger partial charge on any atom is -0.493 e. The van der Waals surface area contributed by atoms with Gasteiger partial charge in [0, 0.05) is 6.92 Å². The number of fused-ring (bicyclic) bond motifs is 1. The fourth-order valence-electron chi connectivity index (χ4n) is 3.90. The Balaban J connectivity index is 1.94. The van der Waals surface area contributed by atoms with E-state index in [0.717, 1.165) is 5.56 Å². The molecule has 184 valence electrons. The van der Waals surface area contributed by atoms with Crippen LogP contribution in [0.2, 0.25) is 0 Å². The summed E-state index contributed by atoms with van der Waals surface area (Å²) in [6.45, 7) is 6.59. The lowest BCUT2D eigenvalue weighted by molar-refractivity contribution is -0.138. The van der Waals surface area contributed by atoms with Crippen molar-refractivity contribution >= 4 is 29.4 Å². The van der Waals surface area contributed by atoms with Crippen LogP contribution in [0, 0.1) is 0 Å². The number of esters is 2. The van der Waals surface area contributed by atoms with E-state index in [-0.39, 0.29) is 29.2 Å². The summed E-state index contributed by atoms with van der Waals surface area (Å²) in [5.74, 6) is -0.606. The number of nitrogens with zero attached hydrogens (tertiary/aromatic N) is 2. The molecule has 2 heterocycles. The number of ether oxygens (including phenoxy) is 3. The highest BCUT2D eigenvalue weighted by molar-refractivity contribution is 7.07. The van der Waals surface area contributed by atoms with Crippen molar-refractivity contribution in [2.45, 2.75) is 19.9 Å². The summed E-state index contributed by atoms with van der Waals surface area (Å²) in [5, 5.41) is 0. The Morgan fingerprint density at radius 2 is 1.92 bits per heavy atom. The van der Waals surface area contributed by atoms with Gasteiger partial charge in [0.1, 0.15) is 6.61 Å². The molecule has 1 atom stereocenters. The maximum absolute atomic E-state index is 13.6. The van der Waals surface area contributed by atoms with Crippen LogP contribution in [-0.2, 0) is 14.3 Å². The molecule has 1 aromatic heterocycles. The third kappa shape index (κ3) is 4.92. The summed E-state index contributed by atoms with van der Waals surface area (Å²) in [6, 6.07) is 13.5. The highest BCUT2D eigenvalue weighted by atomic mass is 32.1. The number of aromatic nitrogens is 1. The van der Waals surface area contributed by atoms with Gasteiger partial charge in [-0.05, 0) is 36.3 Å². The second-order valence-electron chi connectivity index (χ2n) is 7.88. The lowest BCUT2D eigenvalue weighted by Gasteiger charge is -2.25. The van der Waals surface area contributed by atoms with Gasteiger partial charge in [-0.15, -0.1) is 0 Å². The van der Waals surface area contributed by atoms with Crippen molar-refractivity contribution < 1.29 is 23.8 Å². The second-order valence-corrected chi connectivity index (χ2v) is 8.89. The molecule has 1 unspecified atom stereocenters. The fraction of sp³-hybridized carbons (Fsp3) is 0.185. The van der Waals surface area contributed by atoms with E-state index in [4.69, 9.17) is 14.2 Å². The van der Waals surface area contributed by atoms with Crippen molar-refractivity contribution in [2.75, 3.05) is 13.7 Å². The zero-order valence-corrected chi connectivity index (χ0v) is 20.8. The molecule has 4 rings (SSSR count). The highest BCUT2D eigenvalue weighted by Crippen LogP contribution is 2.36. The Morgan fingerprint density at radius 1 is 1.17 bits per heavy atom. The quantitative estimate of drug-likeness (QED) is 0.279. The zero-order valence-electron chi connectivity index (χ0n) is 20.0. The number of allylic oxidation sites excluding steroid dienone is 1. The number of hydrogen-bond donors (Lipinski definition) is 0. The lowest BCUT2D eigenvalue weighted by atomic mass is 9.95. The molecule has 0 radical (unpaired) electrons. The van der Waals surface area contributed by atoms with Gasteiger partial charge in [-0.25, -0.2) is 9.79 Å². The van der Waals surface area contributed by atoms with Crippen LogP contribution in [0.15, 0.2) is 82.2 Å². The first-order chi connectivity index (χ1) is 17.3. The Bertz CT molecular complexity index is 1550. The van der Waals surface area contributed by atoms with Gasteiger partial charge in [-0.1, -0.05) is 60.4 Å². The van der Waals surface area contributed by atoms with E-state index in [1.807, 2.05) is 30.3 Å². The van der Waals surface area contributed by atoms with Gasteiger partial charge in [0.25, 0.3) is 5.56 Å². The molecule has 0 fully saturated rings. The van der Waals surface area contributed by atoms with Crippen LogP contribution < -0.4 is 24.4 Å². The molecule has 2 aromatic carbocycles. The van der Waals surface area contributed by atoms with Crippen molar-refractivity contribution in [1.29, 1.82) is 0 Å². The number of hydrogen-bond acceptors (Lipinski definition) is 8. The Morgan fingerprint density at radius 3 is 2.58 bits per heavy atom. The predicted molar refractivity (Wildman–Crippen MR) is 136 cm³/mol. The van der Waals surface area contributed by atoms with Gasteiger partial charge in [0.2, 0.25) is 0 Å². The molecule has 0 saturated carbocycles. The first-order valence-electron chi connectivity index (χ1n) is 11.1. The van der Waals surface area contributed by atoms with Crippen LogP contribution in [0.5, 0.6) is 11.5 Å². The molecule has 36 heavy (non-hydrogen) atoms. The average Bonchev–Trinajstić information content (AvgIpc) is 3.16. The summed E-state index contributed by atoms with van der Waals surface area (Å²) < 4.78 is 18.0. The minimum atomic E-state index is -0.836. The molecule has 8 nitrogen and oxygen atoms in total. The summed E-state index contributed by atoms with van der Waals surface area (Å²) in [4.78, 5) is 43.3. The summed E-state index contributed by atoms with van der Waals surface area (Å²) >= 11 is 1.24. The first-order valence-corrected chi connectivity index (χ1v) is 11.9. The van der Waals surface area contributed by atoms with Gasteiger partial charge >= 0.3 is 11.9 Å². The molecule has 0 N–H and O–H groups in total. The molecular formula is C27H24N2O6S. The SMILES string of the molecule is C=CCOC(=O)C1=C(C)N=c2sc(=Cc3ccccc3)c(=O)n2C1c1ccc(OC(C)=O)c(OC)c1. The number of carbonyl (C=O) groups is 2. The standard InChI is InChI=1S/C27H24N2O6S/c1-5-13-34-26(32)23-16(2)28-27-29(25(31)22(36-27)14-18-9-7-6-8-10-18)24(23)19-11-12-20(35-17(3)30)21(15-19)33-4/h5-12,14-15,24H,1,13H2,2-4H3. The zero-order chi connectivity index (χ0) is 25.8. The van der Waals surface area contributed by atoms with Crippen LogP contribution in [-0.4, -0.2) is 30.2 Å². The monoisotopic (exact) mass is 504 g/mol. The van der Waals surface area contributed by atoms with Gasteiger partial charge in [-0.2, -0.15) is 0 Å². The molecule has 3 aromatic rings. The molecule has 0 amide bonds. The molecule has 1 aliphatic heterocycles. The van der Waals surface area contributed by atoms with E-state index in [1.165, 1.54) is 36.0 Å². The van der Waals surface area contributed by atoms with Gasteiger partial charge in [0.15, 0.2) is 16.3 Å². The van der Waals surface area contributed by atoms with Crippen LogP contribution in [0.3, 0.4) is 0 Å². The molecule has 0 spiro atoms. The van der Waals surface area contributed by atoms with E-state index in [9.17, 15) is 14.4 Å². The number of methoxy groups -OCH3 is 1. The number of rotatable bonds is 7. The van der Waals surface area contributed by atoms with E-state index in [0.29, 0.717) is 20.6 Å². The molecule has 0 saturated heterocycles. The fourth-order valence-corrected chi connectivity index (χ4v) is 4.95. The van der Waals surface area contributed by atoms with Crippen molar-refractivity contribution in [1.82, 2.24) is 4.57 Å². The first kappa shape index (κ1) is 24.9. The van der Waals surface area contributed by atoms with Crippen LogP contribution in [0.4, 0.5) is 0 Å². The maximum atomic E-state index is 13.6. The smallest absolute Gasteiger partial charge is 0.338 e. The van der Waals surface area contributed by atoms with Crippen molar-refractivity contribution in [3.05, 3.63) is 103 Å². The van der Waals surface area contributed by atoms with Crippen LogP contribution in [0.25, 0.3) is 6.08 Å². The lowest BCUT2D eigenvalue weighted by Crippen LogP contribution is -2.40. The molecular weight excluding hydrogens is 480 g/mol. The second kappa shape index (κ2) is 10.6. The number of thiazole rings is 1. The number of benzene rings is 2. The third-order valence-corrected chi connectivity index (χ3v) is 6.41. The molecule has 1 aliphatic rings. The van der Waals surface area contributed by atoms with Crippen LogP contribution >= 0.6 is 11.3 Å². The molecule has 0 bridgehead atoms. The average molecular weight is 505 g/mol. The summed E-state index contributed by atoms with van der Waals surface area (Å²) in [6.07, 6.45) is 3.26. The van der Waals surface area contributed by atoms with Gasteiger partial charge in [0.05, 0.1) is 29.0 Å². The Kier molecular flexibility index (Phi) is 7.30. The van der Waals surface area contributed by atoms with E-state index in [2.05, 4.69) is 11.6 Å². The third-order valence-electron chi connectivity index (χ3n) is 5.43. The van der Waals surface area contributed by atoms with Crippen molar-refractivity contribution in [3.8, 4) is 11.5 Å². The molecule has 9 heteroatoms. The maximum Gasteiger partial charge on any atom is 0.338 e. The van der Waals surface area contributed by atoms with E-state index >= 15 is 0 Å². The van der Waals surface area contributed by atoms with E-state index in [1.54, 1.807) is 31.2 Å².